The van der Waals surface area contributed by atoms with Gasteiger partial charge in [-0.2, -0.15) is 5.10 Å². The Morgan fingerprint density at radius 1 is 1.07 bits per heavy atom. The van der Waals surface area contributed by atoms with Crippen LogP contribution in [0.25, 0.3) is 0 Å². The van der Waals surface area contributed by atoms with Gasteiger partial charge in [0.15, 0.2) is 0 Å². The number of carbonyl (C=O) groups is 1. The third-order valence-electron chi connectivity index (χ3n) is 5.55. The Morgan fingerprint density at radius 2 is 1.79 bits per heavy atom. The van der Waals surface area contributed by atoms with E-state index in [1.807, 2.05) is 18.2 Å². The Balaban J connectivity index is 1.62. The maximum absolute atomic E-state index is 12.9. The van der Waals surface area contributed by atoms with Gasteiger partial charge in [-0.1, -0.05) is 54.6 Å². The minimum absolute atomic E-state index is 0.117. The predicted octanol–water partition coefficient (Wildman–Crippen LogP) is 5.46. The van der Waals surface area contributed by atoms with Crippen molar-refractivity contribution in [3.63, 3.8) is 0 Å². The Labute approximate surface area is 180 Å². The summed E-state index contributed by atoms with van der Waals surface area (Å²) in [4.78, 5) is 12.9. The SMILES string of the molecule is O=C(NC1CCCCC1)C1=NN(c2ccc(Cl)cc2Cl)C(c2ccc(O)cc2)C1. The molecule has 1 amide bonds. The molecular weight excluding hydrogens is 409 g/mol. The van der Waals surface area contributed by atoms with Crippen LogP contribution < -0.4 is 10.3 Å². The Hall–Kier alpha value is -2.24. The smallest absolute Gasteiger partial charge is 0.267 e. The number of nitrogens with one attached hydrogen (secondary N) is 1. The van der Waals surface area contributed by atoms with Crippen molar-refractivity contribution in [2.45, 2.75) is 50.6 Å². The summed E-state index contributed by atoms with van der Waals surface area (Å²) in [5.41, 5.74) is 2.12. The zero-order chi connectivity index (χ0) is 20.4. The number of aromatic hydroxyl groups is 1. The van der Waals surface area contributed by atoms with Gasteiger partial charge in [-0.25, -0.2) is 0 Å². The first-order valence-electron chi connectivity index (χ1n) is 9.93. The molecule has 2 aromatic carbocycles. The lowest BCUT2D eigenvalue weighted by molar-refractivity contribution is -0.115. The summed E-state index contributed by atoms with van der Waals surface area (Å²) in [7, 11) is 0. The van der Waals surface area contributed by atoms with Crippen LogP contribution in [-0.2, 0) is 4.79 Å². The van der Waals surface area contributed by atoms with E-state index in [-0.39, 0.29) is 23.7 Å². The summed E-state index contributed by atoms with van der Waals surface area (Å²) < 4.78 is 0. The highest BCUT2D eigenvalue weighted by molar-refractivity contribution is 6.40. The lowest BCUT2D eigenvalue weighted by Crippen LogP contribution is -2.39. The average Bonchev–Trinajstić information content (AvgIpc) is 3.14. The van der Waals surface area contributed by atoms with Crippen LogP contribution in [0.4, 0.5) is 5.69 Å². The first-order valence-corrected chi connectivity index (χ1v) is 10.7. The van der Waals surface area contributed by atoms with E-state index in [1.165, 1.54) is 6.42 Å². The normalized spacial score (nSPS) is 19.9. The molecule has 1 heterocycles. The summed E-state index contributed by atoms with van der Waals surface area (Å²) in [6.07, 6.45) is 6.04. The van der Waals surface area contributed by atoms with Crippen LogP contribution in [0.1, 0.15) is 50.1 Å². The summed E-state index contributed by atoms with van der Waals surface area (Å²) in [6.45, 7) is 0. The van der Waals surface area contributed by atoms with Gasteiger partial charge >= 0.3 is 0 Å². The molecule has 1 fully saturated rings. The van der Waals surface area contributed by atoms with E-state index >= 15 is 0 Å². The summed E-state index contributed by atoms with van der Waals surface area (Å²) >= 11 is 12.5. The molecule has 0 radical (unpaired) electrons. The number of benzene rings is 2. The van der Waals surface area contributed by atoms with Gasteiger partial charge in [-0.05, 0) is 48.7 Å². The topological polar surface area (TPSA) is 64.9 Å². The molecule has 1 aliphatic heterocycles. The number of hydrogen-bond acceptors (Lipinski definition) is 4. The largest absolute Gasteiger partial charge is 0.508 e. The second kappa shape index (κ2) is 8.64. The zero-order valence-corrected chi connectivity index (χ0v) is 17.5. The van der Waals surface area contributed by atoms with Crippen molar-refractivity contribution in [1.29, 1.82) is 0 Å². The predicted molar refractivity (Wildman–Crippen MR) is 117 cm³/mol. The van der Waals surface area contributed by atoms with Crippen molar-refractivity contribution in [3.8, 4) is 5.75 Å². The van der Waals surface area contributed by atoms with Gasteiger partial charge in [0, 0.05) is 17.5 Å². The highest BCUT2D eigenvalue weighted by atomic mass is 35.5. The summed E-state index contributed by atoms with van der Waals surface area (Å²) in [5, 5.41) is 20.2. The molecule has 7 heteroatoms. The maximum Gasteiger partial charge on any atom is 0.267 e. The molecule has 152 valence electrons. The number of hydrogen-bond donors (Lipinski definition) is 2. The van der Waals surface area contributed by atoms with Gasteiger partial charge < -0.3 is 10.4 Å². The van der Waals surface area contributed by atoms with Crippen LogP contribution in [0, 0.1) is 0 Å². The molecule has 1 aliphatic carbocycles. The van der Waals surface area contributed by atoms with E-state index in [2.05, 4.69) is 10.4 Å². The average molecular weight is 432 g/mol. The fourth-order valence-corrected chi connectivity index (χ4v) is 4.50. The second-order valence-electron chi connectivity index (χ2n) is 7.61. The molecule has 2 aliphatic rings. The maximum atomic E-state index is 12.9. The number of phenolic OH excluding ortho intramolecular Hbond substituents is 1. The highest BCUT2D eigenvalue weighted by Crippen LogP contribution is 2.40. The summed E-state index contributed by atoms with van der Waals surface area (Å²) in [6, 6.07) is 12.2. The number of phenols is 1. The van der Waals surface area contributed by atoms with E-state index in [0.717, 1.165) is 31.2 Å². The summed E-state index contributed by atoms with van der Waals surface area (Å²) in [5.74, 6) is 0.0762. The molecule has 1 saturated carbocycles. The minimum atomic E-state index is -0.193. The molecule has 2 N–H and O–H groups in total. The van der Waals surface area contributed by atoms with Gasteiger partial charge in [-0.15, -0.1) is 0 Å². The number of halogens is 2. The third kappa shape index (κ3) is 4.51. The number of hydrazone groups is 1. The zero-order valence-electron chi connectivity index (χ0n) is 15.9. The van der Waals surface area contributed by atoms with Gasteiger partial charge in [0.05, 0.1) is 16.8 Å². The van der Waals surface area contributed by atoms with Crippen molar-refractivity contribution in [2.75, 3.05) is 5.01 Å². The molecular formula is C22H23Cl2N3O2. The monoisotopic (exact) mass is 431 g/mol. The molecule has 1 atom stereocenters. The van der Waals surface area contributed by atoms with E-state index in [0.29, 0.717) is 27.9 Å². The molecule has 2 aromatic rings. The van der Waals surface area contributed by atoms with Gasteiger partial charge in [-0.3, -0.25) is 9.80 Å². The van der Waals surface area contributed by atoms with Crippen LogP contribution >= 0.6 is 23.2 Å². The number of carbonyl (C=O) groups excluding carboxylic acids is 1. The molecule has 5 nitrogen and oxygen atoms in total. The fourth-order valence-electron chi connectivity index (χ4n) is 4.01. The molecule has 4 rings (SSSR count). The standard InChI is InChI=1S/C22H23Cl2N3O2/c23-15-8-11-20(18(24)12-15)27-21(14-6-9-17(28)10-7-14)13-19(26-27)22(29)25-16-4-2-1-3-5-16/h6-12,16,21,28H,1-5,13H2,(H,25,29). The van der Waals surface area contributed by atoms with Gasteiger partial charge in [0.1, 0.15) is 11.5 Å². The lowest BCUT2D eigenvalue weighted by atomic mass is 9.95. The van der Waals surface area contributed by atoms with Crippen molar-refractivity contribution < 1.29 is 9.90 Å². The van der Waals surface area contributed by atoms with Crippen molar-refractivity contribution >= 4 is 40.5 Å². The van der Waals surface area contributed by atoms with E-state index in [4.69, 9.17) is 23.2 Å². The number of nitrogens with zero attached hydrogens (tertiary/aromatic N) is 2. The minimum Gasteiger partial charge on any atom is -0.508 e. The van der Waals surface area contributed by atoms with E-state index in [9.17, 15) is 9.90 Å². The van der Waals surface area contributed by atoms with Crippen LogP contribution in [0.5, 0.6) is 5.75 Å². The van der Waals surface area contributed by atoms with Crippen LogP contribution in [0.2, 0.25) is 10.0 Å². The van der Waals surface area contributed by atoms with Crippen molar-refractivity contribution in [1.82, 2.24) is 5.32 Å². The number of amides is 1. The van der Waals surface area contributed by atoms with Crippen LogP contribution in [-0.4, -0.2) is 22.8 Å². The molecule has 1 unspecified atom stereocenters. The van der Waals surface area contributed by atoms with E-state index < -0.39 is 0 Å². The van der Waals surface area contributed by atoms with Crippen LogP contribution in [0.3, 0.4) is 0 Å². The third-order valence-corrected chi connectivity index (χ3v) is 6.09. The lowest BCUT2D eigenvalue weighted by Gasteiger charge is -2.25. The van der Waals surface area contributed by atoms with Gasteiger partial charge in [0.2, 0.25) is 0 Å². The Bertz CT molecular complexity index is 924. The quantitative estimate of drug-likeness (QED) is 0.675. The molecule has 29 heavy (non-hydrogen) atoms. The molecule has 0 aromatic heterocycles. The number of rotatable bonds is 4. The first-order chi connectivity index (χ1) is 14.0. The first kappa shape index (κ1) is 20.0. The second-order valence-corrected chi connectivity index (χ2v) is 8.45. The highest BCUT2D eigenvalue weighted by Gasteiger charge is 2.34. The fraction of sp³-hybridized carbons (Fsp3) is 0.364. The molecule has 0 spiro atoms. The van der Waals surface area contributed by atoms with E-state index in [1.54, 1.807) is 29.3 Å². The molecule has 0 saturated heterocycles. The van der Waals surface area contributed by atoms with Crippen molar-refractivity contribution in [2.24, 2.45) is 5.10 Å². The molecule has 0 bridgehead atoms. The van der Waals surface area contributed by atoms with Crippen molar-refractivity contribution in [3.05, 3.63) is 58.1 Å². The number of anilines is 1. The van der Waals surface area contributed by atoms with Crippen LogP contribution in [0.15, 0.2) is 47.6 Å². The Kier molecular flexibility index (Phi) is 5.97. The van der Waals surface area contributed by atoms with Gasteiger partial charge in [0.25, 0.3) is 5.91 Å². The Morgan fingerprint density at radius 3 is 2.48 bits per heavy atom.